The lowest BCUT2D eigenvalue weighted by molar-refractivity contribution is -0.143. The topological polar surface area (TPSA) is 23.6 Å². The van der Waals surface area contributed by atoms with Crippen LogP contribution in [0.3, 0.4) is 0 Å². The number of carbonyl (C=O) groups is 1. The van der Waals surface area contributed by atoms with Crippen molar-refractivity contribution in [1.82, 2.24) is 9.80 Å². The number of rotatable bonds is 0. The molecule has 3 nitrogen and oxygen atoms in total. The molecule has 3 rings (SSSR count). The van der Waals surface area contributed by atoms with Gasteiger partial charge < -0.3 is 4.90 Å². The van der Waals surface area contributed by atoms with E-state index >= 15 is 0 Å². The van der Waals surface area contributed by atoms with Crippen LogP contribution in [0.2, 0.25) is 0 Å². The first-order valence-corrected chi connectivity index (χ1v) is 8.33. The van der Waals surface area contributed by atoms with Crippen LogP contribution in [0.25, 0.3) is 0 Å². The quantitative estimate of drug-likeness (QED) is 0.734. The van der Waals surface area contributed by atoms with E-state index in [0.717, 1.165) is 26.2 Å². The van der Waals surface area contributed by atoms with Crippen molar-refractivity contribution in [2.24, 2.45) is 5.41 Å². The molecule has 0 bridgehead atoms. The van der Waals surface area contributed by atoms with Crippen LogP contribution >= 0.6 is 0 Å². The van der Waals surface area contributed by atoms with E-state index in [1.165, 1.54) is 11.1 Å². The highest BCUT2D eigenvalue weighted by molar-refractivity contribution is 5.81. The van der Waals surface area contributed by atoms with Gasteiger partial charge in [-0.3, -0.25) is 9.69 Å². The summed E-state index contributed by atoms with van der Waals surface area (Å²) in [5, 5.41) is 0. The number of benzene rings is 1. The first-order valence-electron chi connectivity index (χ1n) is 8.33. The summed E-state index contributed by atoms with van der Waals surface area (Å²) in [7, 11) is 0. The van der Waals surface area contributed by atoms with Crippen LogP contribution < -0.4 is 0 Å². The van der Waals surface area contributed by atoms with Crippen LogP contribution in [0.1, 0.15) is 51.8 Å². The van der Waals surface area contributed by atoms with E-state index in [0.29, 0.717) is 6.04 Å². The van der Waals surface area contributed by atoms with Gasteiger partial charge >= 0.3 is 0 Å². The van der Waals surface area contributed by atoms with Gasteiger partial charge in [-0.2, -0.15) is 0 Å². The Morgan fingerprint density at radius 3 is 2.55 bits per heavy atom. The minimum Gasteiger partial charge on any atom is -0.339 e. The minimum atomic E-state index is -0.296. The summed E-state index contributed by atoms with van der Waals surface area (Å²) >= 11 is 0. The van der Waals surface area contributed by atoms with Crippen molar-refractivity contribution in [2.45, 2.75) is 46.1 Å². The lowest BCUT2D eigenvalue weighted by Crippen LogP contribution is -2.57. The van der Waals surface area contributed by atoms with E-state index in [1.54, 1.807) is 0 Å². The molecule has 1 amide bonds. The van der Waals surface area contributed by atoms with Crippen LogP contribution in [0.4, 0.5) is 0 Å². The highest BCUT2D eigenvalue weighted by Crippen LogP contribution is 2.41. The highest BCUT2D eigenvalue weighted by Gasteiger charge is 2.42. The van der Waals surface area contributed by atoms with Crippen molar-refractivity contribution < 1.29 is 4.79 Å². The maximum absolute atomic E-state index is 12.6. The van der Waals surface area contributed by atoms with E-state index in [4.69, 9.17) is 0 Å². The fraction of sp³-hybridized carbons (Fsp3) is 0.632. The number of carbonyl (C=O) groups excluding carboxylic acids is 1. The number of amides is 1. The molecule has 0 N–H and O–H groups in total. The Morgan fingerprint density at radius 2 is 1.86 bits per heavy atom. The summed E-state index contributed by atoms with van der Waals surface area (Å²) < 4.78 is 0. The fourth-order valence-electron chi connectivity index (χ4n) is 3.96. The largest absolute Gasteiger partial charge is 0.339 e. The summed E-state index contributed by atoms with van der Waals surface area (Å²) in [4.78, 5) is 17.3. The molecule has 120 valence electrons. The molecule has 0 aliphatic carbocycles. The van der Waals surface area contributed by atoms with Crippen molar-refractivity contribution >= 4 is 5.91 Å². The Labute approximate surface area is 134 Å². The van der Waals surface area contributed by atoms with Gasteiger partial charge in [0.1, 0.15) is 0 Å². The summed E-state index contributed by atoms with van der Waals surface area (Å²) in [6.45, 7) is 14.4. The summed E-state index contributed by atoms with van der Waals surface area (Å²) in [6.07, 6.45) is 0. The van der Waals surface area contributed by atoms with Gasteiger partial charge in [0.25, 0.3) is 0 Å². The maximum Gasteiger partial charge on any atom is 0.228 e. The lowest BCUT2D eigenvalue weighted by Gasteiger charge is -2.50. The molecule has 1 fully saturated rings. The molecule has 0 radical (unpaired) electrons. The molecule has 1 saturated heterocycles. The third kappa shape index (κ3) is 2.56. The molecule has 1 atom stereocenters. The predicted octanol–water partition coefficient (Wildman–Crippen LogP) is 3.21. The molecule has 1 aromatic rings. The number of piperazine rings is 1. The first-order chi connectivity index (χ1) is 10.2. The fourth-order valence-corrected chi connectivity index (χ4v) is 3.96. The van der Waals surface area contributed by atoms with Crippen LogP contribution in [-0.2, 0) is 10.2 Å². The van der Waals surface area contributed by atoms with Crippen molar-refractivity contribution in [3.63, 3.8) is 0 Å². The van der Waals surface area contributed by atoms with E-state index in [2.05, 4.69) is 47.9 Å². The van der Waals surface area contributed by atoms with E-state index < -0.39 is 0 Å². The second-order valence-corrected chi connectivity index (χ2v) is 8.46. The second kappa shape index (κ2) is 5.09. The molecular formula is C19H28N2O. The predicted molar refractivity (Wildman–Crippen MR) is 89.8 cm³/mol. The lowest BCUT2D eigenvalue weighted by atomic mass is 9.75. The summed E-state index contributed by atoms with van der Waals surface area (Å²) in [5.41, 5.74) is 2.74. The molecule has 2 aliphatic heterocycles. The van der Waals surface area contributed by atoms with Crippen molar-refractivity contribution in [3.05, 3.63) is 35.4 Å². The average molecular weight is 300 g/mol. The number of hydrogen-bond donors (Lipinski definition) is 0. The third-order valence-corrected chi connectivity index (χ3v) is 5.07. The van der Waals surface area contributed by atoms with Gasteiger partial charge in [0.05, 0.1) is 6.04 Å². The minimum absolute atomic E-state index is 0.184. The van der Waals surface area contributed by atoms with Gasteiger partial charge in [-0.1, -0.05) is 58.9 Å². The summed E-state index contributed by atoms with van der Waals surface area (Å²) in [5.74, 6) is 0.273. The molecule has 22 heavy (non-hydrogen) atoms. The van der Waals surface area contributed by atoms with Gasteiger partial charge in [-0.15, -0.1) is 0 Å². The molecule has 0 saturated carbocycles. The average Bonchev–Trinajstić information content (AvgIpc) is 2.45. The van der Waals surface area contributed by atoms with Gasteiger partial charge in [-0.05, 0) is 11.1 Å². The molecular weight excluding hydrogens is 272 g/mol. The molecule has 2 aliphatic rings. The molecule has 1 unspecified atom stereocenters. The standard InChI is InChI=1S/C19H28N2O/c1-18(2,3)17(22)20-10-11-21-13-19(4,5)15-9-7-6-8-14(15)16(21)12-20/h6-9,16H,10-13H2,1-5H3. The molecule has 3 heteroatoms. The van der Waals surface area contributed by atoms with Crippen LogP contribution in [0.5, 0.6) is 0 Å². The van der Waals surface area contributed by atoms with Crippen LogP contribution in [-0.4, -0.2) is 41.9 Å². The van der Waals surface area contributed by atoms with Gasteiger partial charge in [0.2, 0.25) is 5.91 Å². The highest BCUT2D eigenvalue weighted by atomic mass is 16.2. The third-order valence-electron chi connectivity index (χ3n) is 5.07. The number of hydrogen-bond acceptors (Lipinski definition) is 2. The Bertz CT molecular complexity index is 585. The van der Waals surface area contributed by atoms with E-state index in [1.807, 2.05) is 20.8 Å². The zero-order chi connectivity index (χ0) is 16.1. The molecule has 0 spiro atoms. The van der Waals surface area contributed by atoms with E-state index in [-0.39, 0.29) is 16.7 Å². The van der Waals surface area contributed by atoms with Crippen molar-refractivity contribution in [3.8, 4) is 0 Å². The van der Waals surface area contributed by atoms with Crippen molar-refractivity contribution in [1.29, 1.82) is 0 Å². The SMILES string of the molecule is CC(C)(C)C(=O)N1CCN2CC(C)(C)c3ccccc3C2C1. The van der Waals surface area contributed by atoms with Crippen LogP contribution in [0, 0.1) is 5.41 Å². The number of fused-ring (bicyclic) bond motifs is 3. The van der Waals surface area contributed by atoms with E-state index in [9.17, 15) is 4.79 Å². The van der Waals surface area contributed by atoms with Crippen LogP contribution in [0.15, 0.2) is 24.3 Å². The van der Waals surface area contributed by atoms with Gasteiger partial charge in [0.15, 0.2) is 0 Å². The monoisotopic (exact) mass is 300 g/mol. The maximum atomic E-state index is 12.6. The van der Waals surface area contributed by atoms with Gasteiger partial charge in [-0.25, -0.2) is 0 Å². The zero-order valence-electron chi connectivity index (χ0n) is 14.5. The molecule has 2 heterocycles. The Hall–Kier alpha value is -1.35. The zero-order valence-corrected chi connectivity index (χ0v) is 14.5. The Kier molecular flexibility index (Phi) is 3.59. The smallest absolute Gasteiger partial charge is 0.228 e. The second-order valence-electron chi connectivity index (χ2n) is 8.46. The van der Waals surface area contributed by atoms with Gasteiger partial charge in [0, 0.05) is 37.0 Å². The summed E-state index contributed by atoms with van der Waals surface area (Å²) in [6, 6.07) is 9.13. The Morgan fingerprint density at radius 1 is 1.18 bits per heavy atom. The molecule has 0 aromatic heterocycles. The molecule has 1 aromatic carbocycles. The Balaban J connectivity index is 1.92. The van der Waals surface area contributed by atoms with Crippen molar-refractivity contribution in [2.75, 3.05) is 26.2 Å². The normalized spacial score (nSPS) is 24.6. The number of nitrogens with zero attached hydrogens (tertiary/aromatic N) is 2. The first kappa shape index (κ1) is 15.5.